The molecule has 0 atom stereocenters. The van der Waals surface area contributed by atoms with Crippen molar-refractivity contribution in [2.24, 2.45) is 0 Å². The van der Waals surface area contributed by atoms with E-state index >= 15 is 0 Å². The van der Waals surface area contributed by atoms with E-state index in [1.807, 2.05) is 13.0 Å². The highest BCUT2D eigenvalue weighted by Gasteiger charge is 2.33. The van der Waals surface area contributed by atoms with Crippen LogP contribution >= 0.6 is 24.0 Å². The monoisotopic (exact) mass is 399 g/mol. The number of amides is 1. The van der Waals surface area contributed by atoms with Crippen molar-refractivity contribution in [3.63, 3.8) is 0 Å². The number of anilines is 1. The molecule has 7 heteroatoms. The van der Waals surface area contributed by atoms with Crippen LogP contribution in [0.1, 0.15) is 47.2 Å². The minimum atomic E-state index is -1.26. The molecule has 27 heavy (non-hydrogen) atoms. The molecular formula is C20H19N2O3S2-. The number of carbonyl (C=O) groups excluding carboxylic acids is 2. The van der Waals surface area contributed by atoms with Gasteiger partial charge in [0, 0.05) is 17.4 Å². The Bertz CT molecular complexity index is 972. The number of aromatic carboxylic acids is 1. The number of aromatic nitrogens is 1. The van der Waals surface area contributed by atoms with Crippen molar-refractivity contribution < 1.29 is 14.7 Å². The molecule has 1 aliphatic heterocycles. The molecule has 1 saturated heterocycles. The predicted molar refractivity (Wildman–Crippen MR) is 111 cm³/mol. The van der Waals surface area contributed by atoms with Crippen LogP contribution in [0.2, 0.25) is 0 Å². The van der Waals surface area contributed by atoms with Gasteiger partial charge in [0.2, 0.25) is 0 Å². The van der Waals surface area contributed by atoms with E-state index < -0.39 is 5.97 Å². The fourth-order valence-corrected chi connectivity index (χ4v) is 4.61. The van der Waals surface area contributed by atoms with Crippen molar-refractivity contribution in [3.8, 4) is 0 Å². The highest BCUT2D eigenvalue weighted by Crippen LogP contribution is 2.37. The average Bonchev–Trinajstić information content (AvgIpc) is 3.03. The van der Waals surface area contributed by atoms with Gasteiger partial charge in [0.25, 0.3) is 5.91 Å². The van der Waals surface area contributed by atoms with E-state index in [0.29, 0.717) is 21.0 Å². The molecule has 1 amide bonds. The van der Waals surface area contributed by atoms with Crippen LogP contribution in [-0.4, -0.2) is 20.8 Å². The number of thiocarbonyl (C=S) groups is 1. The number of hydrogen-bond acceptors (Lipinski definition) is 5. The van der Waals surface area contributed by atoms with Crippen LogP contribution < -0.4 is 10.0 Å². The van der Waals surface area contributed by atoms with Gasteiger partial charge in [0.1, 0.15) is 0 Å². The van der Waals surface area contributed by atoms with Crippen molar-refractivity contribution in [2.75, 3.05) is 4.90 Å². The van der Waals surface area contributed by atoms with Crippen LogP contribution in [-0.2, 0) is 4.79 Å². The third-order valence-corrected chi connectivity index (χ3v) is 5.78. The molecule has 5 nitrogen and oxygen atoms in total. The van der Waals surface area contributed by atoms with Crippen molar-refractivity contribution in [3.05, 3.63) is 57.8 Å². The van der Waals surface area contributed by atoms with Gasteiger partial charge in [-0.15, -0.1) is 0 Å². The number of carboxylic acids is 1. The predicted octanol–water partition coefficient (Wildman–Crippen LogP) is 3.46. The Morgan fingerprint density at radius 2 is 1.85 bits per heavy atom. The molecule has 0 saturated carbocycles. The van der Waals surface area contributed by atoms with Crippen LogP contribution in [0.3, 0.4) is 0 Å². The highest BCUT2D eigenvalue weighted by atomic mass is 32.2. The molecule has 2 aromatic rings. The molecule has 1 aromatic carbocycles. The summed E-state index contributed by atoms with van der Waals surface area (Å²) in [5.74, 6) is -1.46. The molecule has 2 heterocycles. The minimum Gasteiger partial charge on any atom is -0.545 e. The van der Waals surface area contributed by atoms with E-state index in [-0.39, 0.29) is 11.5 Å². The van der Waals surface area contributed by atoms with Crippen LogP contribution in [0.25, 0.3) is 6.08 Å². The molecule has 1 aliphatic rings. The zero-order valence-corrected chi connectivity index (χ0v) is 17.1. The van der Waals surface area contributed by atoms with E-state index in [2.05, 4.69) is 31.4 Å². The summed E-state index contributed by atoms with van der Waals surface area (Å²) >= 11 is 6.62. The van der Waals surface area contributed by atoms with Crippen molar-refractivity contribution in [2.45, 2.75) is 33.7 Å². The number of carboxylic acid groups (broad SMARTS) is 1. The lowest BCUT2D eigenvalue weighted by Gasteiger charge is -2.15. The molecule has 0 unspecified atom stereocenters. The molecule has 0 bridgehead atoms. The van der Waals surface area contributed by atoms with Crippen LogP contribution in [0.5, 0.6) is 0 Å². The SMILES string of the molecule is Cc1cc(/C=C2\SC(=S)N(c3ccc(C(=O)[O-])cc3)C2=O)c(C)n1C(C)C. The lowest BCUT2D eigenvalue weighted by atomic mass is 10.2. The quantitative estimate of drug-likeness (QED) is 0.582. The molecular weight excluding hydrogens is 380 g/mol. The molecule has 1 fully saturated rings. The number of hydrogen-bond donors (Lipinski definition) is 0. The third kappa shape index (κ3) is 3.57. The second-order valence-corrected chi connectivity index (χ2v) is 8.32. The fourth-order valence-electron chi connectivity index (χ4n) is 3.32. The van der Waals surface area contributed by atoms with Gasteiger partial charge in [0.15, 0.2) is 4.32 Å². The molecule has 0 aliphatic carbocycles. The summed E-state index contributed by atoms with van der Waals surface area (Å²) in [5, 5.41) is 10.9. The Labute approximate surface area is 167 Å². The van der Waals surface area contributed by atoms with Gasteiger partial charge in [-0.2, -0.15) is 0 Å². The highest BCUT2D eigenvalue weighted by molar-refractivity contribution is 8.27. The summed E-state index contributed by atoms with van der Waals surface area (Å²) in [6, 6.07) is 8.33. The summed E-state index contributed by atoms with van der Waals surface area (Å²) in [4.78, 5) is 25.8. The number of nitrogens with zero attached hydrogens (tertiary/aromatic N) is 2. The number of rotatable bonds is 4. The number of carbonyl (C=O) groups is 2. The lowest BCUT2D eigenvalue weighted by molar-refractivity contribution is -0.255. The molecule has 140 valence electrons. The van der Waals surface area contributed by atoms with Crippen molar-refractivity contribution in [1.82, 2.24) is 4.57 Å². The number of benzene rings is 1. The molecule has 0 radical (unpaired) electrons. The van der Waals surface area contributed by atoms with Gasteiger partial charge in [-0.1, -0.05) is 36.1 Å². The van der Waals surface area contributed by atoms with E-state index in [4.69, 9.17) is 12.2 Å². The van der Waals surface area contributed by atoms with Crippen molar-refractivity contribution in [1.29, 1.82) is 0 Å². The summed E-state index contributed by atoms with van der Waals surface area (Å²) in [7, 11) is 0. The summed E-state index contributed by atoms with van der Waals surface area (Å²) in [6.45, 7) is 8.34. The van der Waals surface area contributed by atoms with Crippen LogP contribution in [0.15, 0.2) is 35.2 Å². The van der Waals surface area contributed by atoms with Crippen molar-refractivity contribution >= 4 is 51.9 Å². The smallest absolute Gasteiger partial charge is 0.270 e. The van der Waals surface area contributed by atoms with Crippen LogP contribution in [0.4, 0.5) is 5.69 Å². The Morgan fingerprint density at radius 1 is 1.22 bits per heavy atom. The zero-order valence-electron chi connectivity index (χ0n) is 15.5. The van der Waals surface area contributed by atoms with Gasteiger partial charge in [-0.25, -0.2) is 0 Å². The topological polar surface area (TPSA) is 65.4 Å². The second kappa shape index (κ2) is 7.32. The standard InChI is InChI=1S/C20H20N2O3S2/c1-11(2)21-12(3)9-15(13(21)4)10-17-18(23)22(20(26)27-17)16-7-5-14(6-8-16)19(24)25/h5-11H,1-4H3,(H,24,25)/p-1/b17-10-. The van der Waals surface area contributed by atoms with E-state index in [0.717, 1.165) is 17.0 Å². The zero-order chi connectivity index (χ0) is 19.9. The third-order valence-electron chi connectivity index (χ3n) is 4.48. The second-order valence-electron chi connectivity index (χ2n) is 6.64. The van der Waals surface area contributed by atoms with E-state index in [1.165, 1.54) is 28.8 Å². The maximum atomic E-state index is 12.9. The minimum absolute atomic E-state index is 0.0564. The Kier molecular flexibility index (Phi) is 5.26. The first-order valence-electron chi connectivity index (χ1n) is 8.48. The summed E-state index contributed by atoms with van der Waals surface area (Å²) < 4.78 is 2.65. The van der Waals surface area contributed by atoms with Gasteiger partial charge < -0.3 is 14.5 Å². The maximum Gasteiger partial charge on any atom is 0.270 e. The lowest BCUT2D eigenvalue weighted by Crippen LogP contribution is -2.28. The molecule has 1 aromatic heterocycles. The Hall–Kier alpha value is -2.38. The number of thioether (sulfide) groups is 1. The average molecular weight is 400 g/mol. The number of aryl methyl sites for hydroxylation is 1. The molecule has 3 rings (SSSR count). The van der Waals surface area contributed by atoms with Gasteiger partial charge in [-0.3, -0.25) is 9.69 Å². The maximum absolute atomic E-state index is 12.9. The van der Waals surface area contributed by atoms with E-state index in [1.54, 1.807) is 12.1 Å². The normalized spacial score (nSPS) is 16.0. The first kappa shape index (κ1) is 19.4. The van der Waals surface area contributed by atoms with Gasteiger partial charge in [0.05, 0.1) is 16.6 Å². The summed E-state index contributed by atoms with van der Waals surface area (Å²) in [5.41, 5.74) is 3.83. The fraction of sp³-hybridized carbons (Fsp3) is 0.250. The largest absolute Gasteiger partial charge is 0.545 e. The molecule has 0 N–H and O–H groups in total. The molecule has 0 spiro atoms. The first-order chi connectivity index (χ1) is 12.7. The first-order valence-corrected chi connectivity index (χ1v) is 9.71. The van der Waals surface area contributed by atoms with E-state index in [9.17, 15) is 14.7 Å². The summed E-state index contributed by atoms with van der Waals surface area (Å²) in [6.07, 6.45) is 1.87. The van der Waals surface area contributed by atoms with Gasteiger partial charge in [-0.05, 0) is 63.1 Å². The van der Waals surface area contributed by atoms with Gasteiger partial charge >= 0.3 is 0 Å². The Morgan fingerprint density at radius 3 is 2.37 bits per heavy atom. The Balaban J connectivity index is 1.93. The van der Waals surface area contributed by atoms with Crippen LogP contribution in [0, 0.1) is 13.8 Å².